The molecule has 0 radical (unpaired) electrons. The van der Waals surface area contributed by atoms with Gasteiger partial charge in [0.15, 0.2) is 0 Å². The Labute approximate surface area is 104 Å². The number of rotatable bonds is 5. The number of methoxy groups -OCH3 is 1. The van der Waals surface area contributed by atoms with Crippen molar-refractivity contribution in [1.29, 1.82) is 0 Å². The molecular weight excluding hydrogens is 240 g/mol. The molecular formula is C12H16O6. The van der Waals surface area contributed by atoms with E-state index in [2.05, 4.69) is 4.74 Å². The fourth-order valence-corrected chi connectivity index (χ4v) is 1.70. The summed E-state index contributed by atoms with van der Waals surface area (Å²) >= 11 is 0. The van der Waals surface area contributed by atoms with Crippen LogP contribution in [0, 0.1) is 0 Å². The Morgan fingerprint density at radius 2 is 1.78 bits per heavy atom. The summed E-state index contributed by atoms with van der Waals surface area (Å²) in [6.45, 7) is -0.498. The van der Waals surface area contributed by atoms with Gasteiger partial charge in [-0.15, -0.1) is 0 Å². The van der Waals surface area contributed by atoms with Gasteiger partial charge in [0, 0.05) is 25.2 Å². The number of ether oxygens (including phenoxy) is 1. The molecule has 0 bridgehead atoms. The minimum absolute atomic E-state index is 0.000922. The summed E-state index contributed by atoms with van der Waals surface area (Å²) in [4.78, 5) is 11.5. The molecule has 0 saturated heterocycles. The summed E-state index contributed by atoms with van der Waals surface area (Å²) in [7, 11) is 1.17. The number of hydrogen-bond donors (Lipinski definition) is 4. The number of esters is 1. The third-order valence-electron chi connectivity index (χ3n) is 2.60. The second kappa shape index (κ2) is 6.23. The van der Waals surface area contributed by atoms with Crippen molar-refractivity contribution >= 4 is 5.97 Å². The normalized spacial score (nSPS) is 10.4. The molecule has 6 heteroatoms. The van der Waals surface area contributed by atoms with Crippen LogP contribution >= 0.6 is 0 Å². The molecule has 0 unspecified atom stereocenters. The fraction of sp³-hybridized carbons (Fsp3) is 0.417. The van der Waals surface area contributed by atoms with E-state index in [4.69, 9.17) is 10.2 Å². The number of aromatic hydroxyl groups is 2. The highest BCUT2D eigenvalue weighted by Gasteiger charge is 2.21. The monoisotopic (exact) mass is 256 g/mol. The molecule has 0 spiro atoms. The smallest absolute Gasteiger partial charge is 0.341 e. The Morgan fingerprint density at radius 3 is 2.28 bits per heavy atom. The Bertz CT molecular complexity index is 441. The van der Waals surface area contributed by atoms with Gasteiger partial charge in [0.25, 0.3) is 0 Å². The third kappa shape index (κ3) is 2.72. The average molecular weight is 256 g/mol. The van der Waals surface area contributed by atoms with Crippen LogP contribution in [0.4, 0.5) is 0 Å². The molecule has 0 aliphatic rings. The Balaban J connectivity index is 3.39. The van der Waals surface area contributed by atoms with Crippen LogP contribution < -0.4 is 0 Å². The summed E-state index contributed by atoms with van der Waals surface area (Å²) in [6, 6.07) is 1.27. The number of phenolic OH excluding ortho intramolecular Hbond substituents is 2. The van der Waals surface area contributed by atoms with Crippen LogP contribution in [0.2, 0.25) is 0 Å². The quantitative estimate of drug-likeness (QED) is 0.550. The maximum atomic E-state index is 11.5. The SMILES string of the molecule is COC(=O)c1cc(CCO)c(O)c(CCO)c1O. The molecule has 0 saturated carbocycles. The van der Waals surface area contributed by atoms with Crippen molar-refractivity contribution in [3.63, 3.8) is 0 Å². The number of phenols is 2. The molecule has 0 aliphatic carbocycles. The summed E-state index contributed by atoms with van der Waals surface area (Å²) < 4.78 is 4.52. The fourth-order valence-electron chi connectivity index (χ4n) is 1.70. The lowest BCUT2D eigenvalue weighted by Gasteiger charge is -2.13. The van der Waals surface area contributed by atoms with Crippen molar-refractivity contribution in [2.45, 2.75) is 12.8 Å². The van der Waals surface area contributed by atoms with E-state index in [9.17, 15) is 15.0 Å². The van der Waals surface area contributed by atoms with Gasteiger partial charge < -0.3 is 25.2 Å². The number of carbonyl (C=O) groups excluding carboxylic acids is 1. The highest BCUT2D eigenvalue weighted by atomic mass is 16.5. The van der Waals surface area contributed by atoms with Crippen molar-refractivity contribution in [3.05, 3.63) is 22.8 Å². The van der Waals surface area contributed by atoms with E-state index in [1.807, 2.05) is 0 Å². The highest BCUT2D eigenvalue weighted by molar-refractivity contribution is 5.93. The van der Waals surface area contributed by atoms with Crippen LogP contribution in [0.25, 0.3) is 0 Å². The summed E-state index contributed by atoms with van der Waals surface area (Å²) in [5.74, 6) is -1.37. The Hall–Kier alpha value is -1.79. The zero-order valence-electron chi connectivity index (χ0n) is 10.0. The van der Waals surface area contributed by atoms with Gasteiger partial charge in [0.05, 0.1) is 7.11 Å². The lowest BCUT2D eigenvalue weighted by atomic mass is 9.98. The van der Waals surface area contributed by atoms with Gasteiger partial charge >= 0.3 is 5.97 Å². The largest absolute Gasteiger partial charge is 0.507 e. The second-order valence-corrected chi connectivity index (χ2v) is 3.70. The number of hydrogen-bond acceptors (Lipinski definition) is 6. The molecule has 100 valence electrons. The Kier molecular flexibility index (Phi) is 4.94. The van der Waals surface area contributed by atoms with Crippen molar-refractivity contribution in [2.75, 3.05) is 20.3 Å². The molecule has 4 N–H and O–H groups in total. The van der Waals surface area contributed by atoms with Crippen LogP contribution in [0.3, 0.4) is 0 Å². The first-order chi connectivity index (χ1) is 8.56. The van der Waals surface area contributed by atoms with E-state index in [1.165, 1.54) is 13.2 Å². The standard InChI is InChI=1S/C12H16O6/c1-18-12(17)9-6-7(2-4-13)10(15)8(3-5-14)11(9)16/h6,13-16H,2-5H2,1H3. The van der Waals surface area contributed by atoms with Gasteiger partial charge in [-0.1, -0.05) is 0 Å². The maximum absolute atomic E-state index is 11.5. The molecule has 0 aromatic heterocycles. The van der Waals surface area contributed by atoms with Crippen LogP contribution in [-0.2, 0) is 17.6 Å². The van der Waals surface area contributed by atoms with Crippen molar-refractivity contribution in [1.82, 2.24) is 0 Å². The molecule has 18 heavy (non-hydrogen) atoms. The van der Waals surface area contributed by atoms with Gasteiger partial charge in [0.2, 0.25) is 0 Å². The number of aliphatic hydroxyl groups excluding tert-OH is 2. The van der Waals surface area contributed by atoms with Gasteiger partial charge in [-0.05, 0) is 18.1 Å². The number of aliphatic hydroxyl groups is 2. The zero-order chi connectivity index (χ0) is 13.7. The highest BCUT2D eigenvalue weighted by Crippen LogP contribution is 2.35. The van der Waals surface area contributed by atoms with E-state index < -0.39 is 11.7 Å². The van der Waals surface area contributed by atoms with E-state index in [0.717, 1.165) is 0 Å². The van der Waals surface area contributed by atoms with Gasteiger partial charge in [-0.2, -0.15) is 0 Å². The van der Waals surface area contributed by atoms with E-state index in [0.29, 0.717) is 5.56 Å². The first kappa shape index (κ1) is 14.3. The molecule has 0 fully saturated rings. The lowest BCUT2D eigenvalue weighted by molar-refractivity contribution is 0.0597. The maximum Gasteiger partial charge on any atom is 0.341 e. The van der Waals surface area contributed by atoms with Crippen molar-refractivity contribution in [2.24, 2.45) is 0 Å². The van der Waals surface area contributed by atoms with Crippen LogP contribution in [0.1, 0.15) is 21.5 Å². The predicted molar refractivity (Wildman–Crippen MR) is 62.7 cm³/mol. The van der Waals surface area contributed by atoms with Gasteiger partial charge in [-0.3, -0.25) is 0 Å². The van der Waals surface area contributed by atoms with E-state index >= 15 is 0 Å². The molecule has 0 aliphatic heterocycles. The summed E-state index contributed by atoms with van der Waals surface area (Å²) in [6.07, 6.45) is 0.134. The first-order valence-corrected chi connectivity index (χ1v) is 5.43. The number of carbonyl (C=O) groups is 1. The minimum atomic E-state index is -0.745. The molecule has 1 aromatic rings. The lowest BCUT2D eigenvalue weighted by Crippen LogP contribution is -2.07. The molecule has 0 atom stereocenters. The topological polar surface area (TPSA) is 107 Å². The third-order valence-corrected chi connectivity index (χ3v) is 2.60. The molecule has 0 heterocycles. The number of benzene rings is 1. The van der Waals surface area contributed by atoms with Crippen LogP contribution in [0.5, 0.6) is 11.5 Å². The molecule has 0 amide bonds. The predicted octanol–water partition coefficient (Wildman–Crippen LogP) is -0.0460. The van der Waals surface area contributed by atoms with Crippen molar-refractivity contribution in [3.8, 4) is 11.5 Å². The molecule has 1 aromatic carbocycles. The Morgan fingerprint density at radius 1 is 1.17 bits per heavy atom. The van der Waals surface area contributed by atoms with Crippen LogP contribution in [-0.4, -0.2) is 46.7 Å². The average Bonchev–Trinajstić information content (AvgIpc) is 2.37. The van der Waals surface area contributed by atoms with E-state index in [-0.39, 0.29) is 42.9 Å². The molecule has 1 rings (SSSR count). The van der Waals surface area contributed by atoms with Gasteiger partial charge in [0.1, 0.15) is 17.1 Å². The second-order valence-electron chi connectivity index (χ2n) is 3.70. The van der Waals surface area contributed by atoms with Crippen LogP contribution in [0.15, 0.2) is 6.07 Å². The zero-order valence-corrected chi connectivity index (χ0v) is 10.0. The van der Waals surface area contributed by atoms with E-state index in [1.54, 1.807) is 0 Å². The molecule has 6 nitrogen and oxygen atoms in total. The summed E-state index contributed by atoms with van der Waals surface area (Å²) in [5, 5.41) is 37.5. The first-order valence-electron chi connectivity index (χ1n) is 5.43. The van der Waals surface area contributed by atoms with Crippen molar-refractivity contribution < 1.29 is 30.0 Å². The van der Waals surface area contributed by atoms with Gasteiger partial charge in [-0.25, -0.2) is 4.79 Å². The minimum Gasteiger partial charge on any atom is -0.507 e. The summed E-state index contributed by atoms with van der Waals surface area (Å²) in [5.41, 5.74) is 0.296.